The lowest BCUT2D eigenvalue weighted by Gasteiger charge is -2.20. The van der Waals surface area contributed by atoms with E-state index in [4.69, 9.17) is 0 Å². The van der Waals surface area contributed by atoms with Crippen LogP contribution in [0.5, 0.6) is 0 Å². The molecule has 0 unspecified atom stereocenters. The number of thiazole rings is 1. The quantitative estimate of drug-likeness (QED) is 0.397. The van der Waals surface area contributed by atoms with E-state index >= 15 is 0 Å². The van der Waals surface area contributed by atoms with Crippen molar-refractivity contribution in [3.8, 4) is 0 Å². The zero-order valence-electron chi connectivity index (χ0n) is 14.3. The van der Waals surface area contributed by atoms with Crippen LogP contribution in [0.4, 0.5) is 0 Å². The van der Waals surface area contributed by atoms with Gasteiger partial charge < -0.3 is 15.5 Å². The summed E-state index contributed by atoms with van der Waals surface area (Å²) < 4.78 is 0. The number of rotatable bonds is 6. The summed E-state index contributed by atoms with van der Waals surface area (Å²) >= 11 is 1.71. The van der Waals surface area contributed by atoms with Crippen molar-refractivity contribution in [2.45, 2.75) is 39.0 Å². The molecule has 1 saturated heterocycles. The van der Waals surface area contributed by atoms with Crippen molar-refractivity contribution in [2.75, 3.05) is 39.8 Å². The first kappa shape index (κ1) is 20.6. The Hall–Kier alpha value is -0.410. The molecular weight excluding hydrogens is 421 g/mol. The van der Waals surface area contributed by atoms with Crippen molar-refractivity contribution >= 4 is 41.3 Å². The Morgan fingerprint density at radius 1 is 1.22 bits per heavy atom. The summed E-state index contributed by atoms with van der Waals surface area (Å²) in [6.45, 7) is 7.46. The van der Waals surface area contributed by atoms with Crippen molar-refractivity contribution < 1.29 is 0 Å². The van der Waals surface area contributed by atoms with Crippen molar-refractivity contribution in [3.05, 3.63) is 16.1 Å². The predicted molar refractivity (Wildman–Crippen MR) is 110 cm³/mol. The maximum Gasteiger partial charge on any atom is 0.191 e. The molecule has 7 heteroatoms. The Bertz CT molecular complexity index is 455. The van der Waals surface area contributed by atoms with E-state index < -0.39 is 0 Å². The minimum Gasteiger partial charge on any atom is -0.356 e. The third-order valence-corrected chi connectivity index (χ3v) is 4.81. The molecule has 1 aromatic rings. The monoisotopic (exact) mass is 451 g/mol. The van der Waals surface area contributed by atoms with E-state index in [-0.39, 0.29) is 24.0 Å². The molecule has 2 rings (SSSR count). The number of guanidine groups is 1. The van der Waals surface area contributed by atoms with E-state index in [0.717, 1.165) is 42.7 Å². The highest BCUT2D eigenvalue weighted by Crippen LogP contribution is 2.09. The minimum atomic E-state index is 0. The molecule has 2 heterocycles. The molecule has 23 heavy (non-hydrogen) atoms. The van der Waals surface area contributed by atoms with Crippen LogP contribution >= 0.6 is 35.3 Å². The van der Waals surface area contributed by atoms with Crippen LogP contribution < -0.4 is 10.6 Å². The molecular formula is C16H30IN5S. The predicted octanol–water partition coefficient (Wildman–Crippen LogP) is 2.65. The molecule has 5 nitrogen and oxygen atoms in total. The topological polar surface area (TPSA) is 52.6 Å². The fourth-order valence-corrected chi connectivity index (χ4v) is 3.39. The first-order chi connectivity index (χ1) is 10.8. The summed E-state index contributed by atoms with van der Waals surface area (Å²) in [6.07, 6.45) is 6.42. The lowest BCUT2D eigenvalue weighted by atomic mass is 10.2. The van der Waals surface area contributed by atoms with Gasteiger partial charge in [0.2, 0.25) is 0 Å². The number of aliphatic imine (C=N–C) groups is 1. The van der Waals surface area contributed by atoms with Crippen molar-refractivity contribution in [1.29, 1.82) is 0 Å². The highest BCUT2D eigenvalue weighted by molar-refractivity contribution is 14.0. The third-order valence-electron chi connectivity index (χ3n) is 3.98. The number of hydrogen-bond acceptors (Lipinski definition) is 4. The molecule has 1 aromatic heterocycles. The number of aromatic nitrogens is 1. The van der Waals surface area contributed by atoms with Gasteiger partial charge >= 0.3 is 0 Å². The largest absolute Gasteiger partial charge is 0.356 e. The highest BCUT2D eigenvalue weighted by Gasteiger charge is 2.08. The van der Waals surface area contributed by atoms with Crippen molar-refractivity contribution in [2.24, 2.45) is 4.99 Å². The standard InChI is InChI=1S/C16H29N5S.HI/c1-14-20-15(13-22-14)7-8-18-16(17-2)19-9-12-21-10-5-3-4-6-11-21;/h13H,3-12H2,1-2H3,(H2,17,18,19);1H. The Morgan fingerprint density at radius 2 is 1.91 bits per heavy atom. The molecule has 0 saturated carbocycles. The zero-order chi connectivity index (χ0) is 15.6. The number of nitrogens with one attached hydrogen (secondary N) is 2. The van der Waals surface area contributed by atoms with Gasteiger partial charge in [0.05, 0.1) is 10.7 Å². The highest BCUT2D eigenvalue weighted by atomic mass is 127. The first-order valence-electron chi connectivity index (χ1n) is 8.36. The smallest absolute Gasteiger partial charge is 0.191 e. The summed E-state index contributed by atoms with van der Waals surface area (Å²) in [5.41, 5.74) is 1.16. The molecule has 132 valence electrons. The fourth-order valence-electron chi connectivity index (χ4n) is 2.74. The third kappa shape index (κ3) is 8.30. The summed E-state index contributed by atoms with van der Waals surface area (Å²) in [4.78, 5) is 11.3. The fraction of sp³-hybridized carbons (Fsp3) is 0.750. The minimum absolute atomic E-state index is 0. The second-order valence-electron chi connectivity index (χ2n) is 5.79. The van der Waals surface area contributed by atoms with E-state index in [1.807, 2.05) is 14.0 Å². The van der Waals surface area contributed by atoms with Gasteiger partial charge in [0.1, 0.15) is 0 Å². The molecule has 0 atom stereocenters. The van der Waals surface area contributed by atoms with Crippen LogP contribution in [0.25, 0.3) is 0 Å². The van der Waals surface area contributed by atoms with Gasteiger partial charge in [-0.25, -0.2) is 4.98 Å². The number of halogens is 1. The number of aryl methyl sites for hydroxylation is 1. The molecule has 1 fully saturated rings. The zero-order valence-corrected chi connectivity index (χ0v) is 17.5. The Morgan fingerprint density at radius 3 is 2.52 bits per heavy atom. The number of nitrogens with zero attached hydrogens (tertiary/aromatic N) is 3. The van der Waals surface area contributed by atoms with Crippen LogP contribution in [0.1, 0.15) is 36.4 Å². The maximum atomic E-state index is 4.48. The van der Waals surface area contributed by atoms with Gasteiger partial charge in [-0.15, -0.1) is 35.3 Å². The van der Waals surface area contributed by atoms with Crippen LogP contribution in [0.15, 0.2) is 10.4 Å². The maximum absolute atomic E-state index is 4.48. The molecule has 2 N–H and O–H groups in total. The van der Waals surface area contributed by atoms with Gasteiger partial charge in [0, 0.05) is 38.5 Å². The Balaban J connectivity index is 0.00000264. The molecule has 1 aliphatic heterocycles. The van der Waals surface area contributed by atoms with Crippen LogP contribution in [-0.4, -0.2) is 55.6 Å². The summed E-state index contributed by atoms with van der Waals surface area (Å²) in [5, 5.41) is 10.0. The second kappa shape index (κ2) is 12.0. The van der Waals surface area contributed by atoms with E-state index in [1.54, 1.807) is 11.3 Å². The molecule has 0 bridgehead atoms. The average molecular weight is 451 g/mol. The second-order valence-corrected chi connectivity index (χ2v) is 6.85. The van der Waals surface area contributed by atoms with Crippen molar-refractivity contribution in [3.63, 3.8) is 0 Å². The molecule has 0 amide bonds. The summed E-state index contributed by atoms with van der Waals surface area (Å²) in [7, 11) is 1.83. The van der Waals surface area contributed by atoms with E-state index in [1.165, 1.54) is 38.8 Å². The average Bonchev–Trinajstić information content (AvgIpc) is 2.77. The van der Waals surface area contributed by atoms with E-state index in [0.29, 0.717) is 0 Å². The lowest BCUT2D eigenvalue weighted by Crippen LogP contribution is -2.42. The molecule has 0 spiro atoms. The van der Waals surface area contributed by atoms with Crippen LogP contribution in [-0.2, 0) is 6.42 Å². The molecule has 0 radical (unpaired) electrons. The van der Waals surface area contributed by atoms with Gasteiger partial charge in [0.25, 0.3) is 0 Å². The van der Waals surface area contributed by atoms with Crippen LogP contribution in [0.2, 0.25) is 0 Å². The summed E-state index contributed by atoms with van der Waals surface area (Å²) in [6, 6.07) is 0. The van der Waals surface area contributed by atoms with Crippen LogP contribution in [0.3, 0.4) is 0 Å². The van der Waals surface area contributed by atoms with E-state index in [2.05, 4.69) is 30.9 Å². The lowest BCUT2D eigenvalue weighted by molar-refractivity contribution is 0.289. The molecule has 0 aromatic carbocycles. The SMILES string of the molecule is CN=C(NCCc1csc(C)n1)NCCN1CCCCCC1.I. The van der Waals surface area contributed by atoms with Gasteiger partial charge in [-0.2, -0.15) is 0 Å². The van der Waals surface area contributed by atoms with Crippen LogP contribution in [0, 0.1) is 6.92 Å². The van der Waals surface area contributed by atoms with Crippen molar-refractivity contribution in [1.82, 2.24) is 20.5 Å². The Kier molecular flexibility index (Phi) is 10.8. The number of hydrogen-bond donors (Lipinski definition) is 2. The molecule has 1 aliphatic rings. The van der Waals surface area contributed by atoms with Gasteiger partial charge in [-0.05, 0) is 32.9 Å². The Labute approximate surface area is 161 Å². The first-order valence-corrected chi connectivity index (χ1v) is 9.24. The summed E-state index contributed by atoms with van der Waals surface area (Å²) in [5.74, 6) is 0.891. The molecule has 0 aliphatic carbocycles. The van der Waals surface area contributed by atoms with E-state index in [9.17, 15) is 0 Å². The number of likely N-dealkylation sites (tertiary alicyclic amines) is 1. The van der Waals surface area contributed by atoms with Gasteiger partial charge in [-0.1, -0.05) is 12.8 Å². The normalized spacial score (nSPS) is 16.5. The van der Waals surface area contributed by atoms with Gasteiger partial charge in [-0.3, -0.25) is 4.99 Å². The van der Waals surface area contributed by atoms with Gasteiger partial charge in [0.15, 0.2) is 5.96 Å².